The van der Waals surface area contributed by atoms with Crippen molar-refractivity contribution >= 4 is 21.7 Å². The monoisotopic (exact) mass is 423 g/mol. The third kappa shape index (κ3) is 6.43. The number of carbonyl (C=O) groups is 2. The number of piperazine rings is 1. The van der Waals surface area contributed by atoms with Gasteiger partial charge in [-0.25, -0.2) is 8.42 Å². The highest BCUT2D eigenvalue weighted by Crippen LogP contribution is 2.14. The fraction of sp³-hybridized carbons (Fsp3) is 0.600. The van der Waals surface area contributed by atoms with E-state index >= 15 is 0 Å². The molecule has 1 unspecified atom stereocenters. The zero-order valence-electron chi connectivity index (χ0n) is 16.8. The zero-order valence-corrected chi connectivity index (χ0v) is 17.6. The van der Waals surface area contributed by atoms with Crippen LogP contribution in [0.15, 0.2) is 24.3 Å². The molecule has 0 bridgehead atoms. The summed E-state index contributed by atoms with van der Waals surface area (Å²) in [6, 6.07) is 7.46. The number of aryl methyl sites for hydroxylation is 1. The van der Waals surface area contributed by atoms with Crippen LogP contribution >= 0.6 is 0 Å². The molecule has 2 aliphatic rings. The summed E-state index contributed by atoms with van der Waals surface area (Å²) in [5.74, 6) is 0.965. The smallest absolute Gasteiger partial charge is 0.234 e. The van der Waals surface area contributed by atoms with E-state index < -0.39 is 9.84 Å². The maximum absolute atomic E-state index is 12.5. The molecule has 0 spiro atoms. The summed E-state index contributed by atoms with van der Waals surface area (Å²) in [5.41, 5.74) is 1.10. The van der Waals surface area contributed by atoms with Crippen LogP contribution < -0.4 is 10.1 Å². The Morgan fingerprint density at radius 2 is 1.83 bits per heavy atom. The van der Waals surface area contributed by atoms with E-state index in [-0.39, 0.29) is 35.9 Å². The maximum atomic E-state index is 12.5. The second-order valence-corrected chi connectivity index (χ2v) is 9.90. The van der Waals surface area contributed by atoms with Gasteiger partial charge in [0.25, 0.3) is 0 Å². The van der Waals surface area contributed by atoms with E-state index in [0.29, 0.717) is 45.4 Å². The molecule has 160 valence electrons. The van der Waals surface area contributed by atoms with Crippen molar-refractivity contribution in [3.8, 4) is 5.75 Å². The highest BCUT2D eigenvalue weighted by molar-refractivity contribution is 7.91. The van der Waals surface area contributed by atoms with Gasteiger partial charge >= 0.3 is 0 Å². The van der Waals surface area contributed by atoms with Crippen molar-refractivity contribution in [1.82, 2.24) is 15.1 Å². The molecule has 0 saturated carbocycles. The van der Waals surface area contributed by atoms with Gasteiger partial charge in [0.1, 0.15) is 5.75 Å². The second-order valence-electron chi connectivity index (χ2n) is 7.67. The molecule has 2 saturated heterocycles. The summed E-state index contributed by atoms with van der Waals surface area (Å²) in [6.45, 7) is 2.73. The predicted octanol–water partition coefficient (Wildman–Crippen LogP) is 0.0753. The first-order valence-electron chi connectivity index (χ1n) is 9.97. The van der Waals surface area contributed by atoms with Gasteiger partial charge in [0, 0.05) is 38.6 Å². The summed E-state index contributed by atoms with van der Waals surface area (Å²) in [5, 5.41) is 2.81. The standard InChI is InChI=1S/C20H29N3O5S/c1-28-18-5-2-16(3-6-18)4-7-20(25)23-11-9-22(10-12-23)14-19(24)21-17-8-13-29(26,27)15-17/h2-3,5-6,17H,4,7-15H2,1H3,(H,21,24). The minimum absolute atomic E-state index is 0.0369. The van der Waals surface area contributed by atoms with Crippen LogP contribution in [0.3, 0.4) is 0 Å². The highest BCUT2D eigenvalue weighted by Gasteiger charge is 2.29. The van der Waals surface area contributed by atoms with Gasteiger partial charge in [-0.15, -0.1) is 0 Å². The average Bonchev–Trinajstić information content (AvgIpc) is 3.05. The lowest BCUT2D eigenvalue weighted by Gasteiger charge is -2.34. The number of benzene rings is 1. The zero-order chi connectivity index (χ0) is 20.9. The van der Waals surface area contributed by atoms with Crippen molar-refractivity contribution < 1.29 is 22.7 Å². The van der Waals surface area contributed by atoms with Crippen LogP contribution in [0.25, 0.3) is 0 Å². The minimum Gasteiger partial charge on any atom is -0.497 e. The van der Waals surface area contributed by atoms with E-state index in [4.69, 9.17) is 4.74 Å². The van der Waals surface area contributed by atoms with Crippen molar-refractivity contribution in [2.45, 2.75) is 25.3 Å². The first-order valence-corrected chi connectivity index (χ1v) is 11.8. The van der Waals surface area contributed by atoms with Gasteiger partial charge in [-0.2, -0.15) is 0 Å². The van der Waals surface area contributed by atoms with Crippen LogP contribution in [0, 0.1) is 0 Å². The molecule has 2 aliphatic heterocycles. The number of rotatable bonds is 7. The Hall–Kier alpha value is -2.13. The Balaban J connectivity index is 1.36. The SMILES string of the molecule is COc1ccc(CCC(=O)N2CCN(CC(=O)NC3CCS(=O)(=O)C3)CC2)cc1. The Morgan fingerprint density at radius 1 is 1.14 bits per heavy atom. The normalized spacial score (nSPS) is 21.7. The predicted molar refractivity (Wildman–Crippen MR) is 110 cm³/mol. The molecule has 1 N–H and O–H groups in total. The van der Waals surface area contributed by atoms with E-state index in [1.165, 1.54) is 0 Å². The molecule has 8 nitrogen and oxygen atoms in total. The van der Waals surface area contributed by atoms with E-state index in [9.17, 15) is 18.0 Å². The van der Waals surface area contributed by atoms with Gasteiger partial charge in [-0.3, -0.25) is 14.5 Å². The van der Waals surface area contributed by atoms with Crippen LogP contribution in [-0.2, 0) is 25.8 Å². The number of nitrogens with zero attached hydrogens (tertiary/aromatic N) is 2. The molecular formula is C20H29N3O5S. The van der Waals surface area contributed by atoms with Gasteiger partial charge < -0.3 is 15.0 Å². The first kappa shape index (κ1) is 21.6. The van der Waals surface area contributed by atoms with Crippen LogP contribution in [0.2, 0.25) is 0 Å². The van der Waals surface area contributed by atoms with E-state index in [1.54, 1.807) is 7.11 Å². The van der Waals surface area contributed by atoms with Gasteiger partial charge in [0.2, 0.25) is 11.8 Å². The molecular weight excluding hydrogens is 394 g/mol. The summed E-state index contributed by atoms with van der Waals surface area (Å²) in [4.78, 5) is 28.5. The molecule has 9 heteroatoms. The van der Waals surface area contributed by atoms with Crippen LogP contribution in [0.1, 0.15) is 18.4 Å². The summed E-state index contributed by atoms with van der Waals surface area (Å²) in [7, 11) is -1.37. The third-order valence-electron chi connectivity index (χ3n) is 5.48. The molecule has 0 aliphatic carbocycles. The fourth-order valence-electron chi connectivity index (χ4n) is 3.74. The molecule has 0 radical (unpaired) electrons. The lowest BCUT2D eigenvalue weighted by Crippen LogP contribution is -2.52. The van der Waals surface area contributed by atoms with Crippen LogP contribution in [-0.4, -0.2) is 87.4 Å². The topological polar surface area (TPSA) is 96.0 Å². The van der Waals surface area contributed by atoms with Gasteiger partial charge in [-0.05, 0) is 30.5 Å². The summed E-state index contributed by atoms with van der Waals surface area (Å²) >= 11 is 0. The first-order chi connectivity index (χ1) is 13.8. The van der Waals surface area contributed by atoms with Gasteiger partial charge in [-0.1, -0.05) is 12.1 Å². The quantitative estimate of drug-likeness (QED) is 0.667. The van der Waals surface area contributed by atoms with Crippen molar-refractivity contribution in [2.24, 2.45) is 0 Å². The number of sulfone groups is 1. The lowest BCUT2D eigenvalue weighted by atomic mass is 10.1. The molecule has 0 aromatic heterocycles. The number of hydrogen-bond acceptors (Lipinski definition) is 6. The van der Waals surface area contributed by atoms with Crippen molar-refractivity contribution in [2.75, 3.05) is 51.3 Å². The van der Waals surface area contributed by atoms with Gasteiger partial charge in [0.05, 0.1) is 25.2 Å². The Morgan fingerprint density at radius 3 is 2.41 bits per heavy atom. The molecule has 1 aromatic rings. The molecule has 1 atom stereocenters. The van der Waals surface area contributed by atoms with Crippen molar-refractivity contribution in [3.63, 3.8) is 0 Å². The largest absolute Gasteiger partial charge is 0.497 e. The molecule has 2 heterocycles. The number of amides is 2. The number of methoxy groups -OCH3 is 1. The van der Waals surface area contributed by atoms with Gasteiger partial charge in [0.15, 0.2) is 9.84 Å². The molecule has 29 heavy (non-hydrogen) atoms. The second kappa shape index (κ2) is 9.58. The summed E-state index contributed by atoms with van der Waals surface area (Å²) < 4.78 is 28.1. The maximum Gasteiger partial charge on any atom is 0.234 e. The molecule has 2 fully saturated rings. The molecule has 3 rings (SSSR count). The van der Waals surface area contributed by atoms with E-state index in [2.05, 4.69) is 5.32 Å². The van der Waals surface area contributed by atoms with E-state index in [1.807, 2.05) is 34.1 Å². The van der Waals surface area contributed by atoms with Crippen LogP contribution in [0.5, 0.6) is 5.75 Å². The average molecular weight is 424 g/mol. The van der Waals surface area contributed by atoms with E-state index in [0.717, 1.165) is 11.3 Å². The Labute approximate surface area is 172 Å². The highest BCUT2D eigenvalue weighted by atomic mass is 32.2. The third-order valence-corrected chi connectivity index (χ3v) is 7.24. The number of carbonyl (C=O) groups excluding carboxylic acids is 2. The summed E-state index contributed by atoms with van der Waals surface area (Å²) in [6.07, 6.45) is 1.64. The Bertz CT molecular complexity index is 817. The fourth-order valence-corrected chi connectivity index (χ4v) is 5.42. The number of hydrogen-bond donors (Lipinski definition) is 1. The minimum atomic E-state index is -3.00. The number of nitrogens with one attached hydrogen (secondary N) is 1. The van der Waals surface area contributed by atoms with Crippen molar-refractivity contribution in [3.05, 3.63) is 29.8 Å². The van der Waals surface area contributed by atoms with Crippen molar-refractivity contribution in [1.29, 1.82) is 0 Å². The van der Waals surface area contributed by atoms with Crippen LogP contribution in [0.4, 0.5) is 0 Å². The molecule has 2 amide bonds. The lowest BCUT2D eigenvalue weighted by molar-refractivity contribution is -0.133. The Kier molecular flexibility index (Phi) is 7.13. The molecule has 1 aromatic carbocycles. The number of ether oxygens (including phenoxy) is 1.